The molecule has 1 N–H and O–H groups in total. The summed E-state index contributed by atoms with van der Waals surface area (Å²) in [7, 11) is 0. The predicted molar refractivity (Wildman–Crippen MR) is 27.6 cm³/mol. The van der Waals surface area contributed by atoms with Gasteiger partial charge in [0.2, 0.25) is 0 Å². The van der Waals surface area contributed by atoms with E-state index in [9.17, 15) is 17.6 Å². The van der Waals surface area contributed by atoms with E-state index in [4.69, 9.17) is 0 Å². The summed E-state index contributed by atoms with van der Waals surface area (Å²) in [6.07, 6.45) is -4.72. The Labute approximate surface area is 55.4 Å². The van der Waals surface area contributed by atoms with Gasteiger partial charge in [-0.2, -0.15) is 0 Å². The quantitative estimate of drug-likeness (QED) is 0.515. The molecular weight excluding hydrogens is 150 g/mol. The first-order chi connectivity index (χ1) is 4.54. The lowest BCUT2D eigenvalue weighted by molar-refractivity contribution is -0.113. The molecule has 1 aliphatic heterocycles. The number of hydrogen-bond donors (Lipinski definition) is 1. The molecule has 0 amide bonds. The molecule has 1 nitrogen and oxygen atoms in total. The summed E-state index contributed by atoms with van der Waals surface area (Å²) in [4.78, 5) is 0. The van der Waals surface area contributed by atoms with Gasteiger partial charge in [0.05, 0.1) is 6.54 Å². The van der Waals surface area contributed by atoms with Gasteiger partial charge in [-0.25, -0.2) is 17.6 Å². The van der Waals surface area contributed by atoms with Gasteiger partial charge in [-0.15, -0.1) is 0 Å². The molecule has 5 heteroatoms. The molecule has 0 saturated carbocycles. The molecule has 0 aromatic carbocycles. The first-order valence-electron chi connectivity index (χ1n) is 2.91. The third-order valence-corrected chi connectivity index (χ3v) is 1.42. The van der Waals surface area contributed by atoms with E-state index in [-0.39, 0.29) is 6.54 Å². The summed E-state index contributed by atoms with van der Waals surface area (Å²) in [5, 5.41) is 2.09. The fourth-order valence-electron chi connectivity index (χ4n) is 0.842. The Morgan fingerprint density at radius 2 is 1.90 bits per heavy atom. The summed E-state index contributed by atoms with van der Waals surface area (Å²) >= 11 is 0. The SMILES string of the molecule is FC1CNCC(F)(F)C1F. The Balaban J connectivity index is 2.60. The van der Waals surface area contributed by atoms with Gasteiger partial charge in [0.15, 0.2) is 6.17 Å². The average Bonchev–Trinajstić information content (AvgIpc) is 1.83. The van der Waals surface area contributed by atoms with E-state index < -0.39 is 24.8 Å². The molecule has 1 heterocycles. The molecule has 0 aromatic heterocycles. The molecule has 0 bridgehead atoms. The summed E-state index contributed by atoms with van der Waals surface area (Å²) in [5.41, 5.74) is 0. The molecule has 10 heavy (non-hydrogen) atoms. The molecule has 0 aliphatic carbocycles. The van der Waals surface area contributed by atoms with E-state index in [0.717, 1.165) is 0 Å². The molecule has 1 rings (SSSR count). The number of hydrogen-bond acceptors (Lipinski definition) is 1. The van der Waals surface area contributed by atoms with Gasteiger partial charge in [0, 0.05) is 6.54 Å². The van der Waals surface area contributed by atoms with Crippen molar-refractivity contribution in [2.24, 2.45) is 0 Å². The van der Waals surface area contributed by atoms with Crippen LogP contribution in [0.4, 0.5) is 17.6 Å². The van der Waals surface area contributed by atoms with Crippen LogP contribution in [0.25, 0.3) is 0 Å². The maximum atomic E-state index is 12.2. The number of nitrogens with one attached hydrogen (secondary N) is 1. The van der Waals surface area contributed by atoms with Crippen molar-refractivity contribution in [2.75, 3.05) is 13.1 Å². The van der Waals surface area contributed by atoms with Gasteiger partial charge in [0.25, 0.3) is 5.92 Å². The minimum atomic E-state index is -3.54. The van der Waals surface area contributed by atoms with Crippen molar-refractivity contribution in [2.45, 2.75) is 18.3 Å². The zero-order valence-corrected chi connectivity index (χ0v) is 5.08. The van der Waals surface area contributed by atoms with Crippen LogP contribution in [0, 0.1) is 0 Å². The zero-order valence-electron chi connectivity index (χ0n) is 5.08. The minimum Gasteiger partial charge on any atom is -0.308 e. The summed E-state index contributed by atoms with van der Waals surface area (Å²) in [6.45, 7) is -1.09. The molecule has 1 fully saturated rings. The van der Waals surface area contributed by atoms with Crippen molar-refractivity contribution in [1.82, 2.24) is 5.32 Å². The van der Waals surface area contributed by atoms with E-state index in [1.165, 1.54) is 0 Å². The van der Waals surface area contributed by atoms with Crippen LogP contribution in [0.5, 0.6) is 0 Å². The number of alkyl halides is 4. The Kier molecular flexibility index (Phi) is 1.85. The fourth-order valence-corrected chi connectivity index (χ4v) is 0.842. The van der Waals surface area contributed by atoms with Crippen LogP contribution in [-0.4, -0.2) is 31.4 Å². The van der Waals surface area contributed by atoms with E-state index in [2.05, 4.69) is 5.32 Å². The van der Waals surface area contributed by atoms with E-state index in [1.807, 2.05) is 0 Å². The van der Waals surface area contributed by atoms with E-state index >= 15 is 0 Å². The van der Waals surface area contributed by atoms with Gasteiger partial charge in [0.1, 0.15) is 6.17 Å². The van der Waals surface area contributed by atoms with Gasteiger partial charge in [-0.3, -0.25) is 0 Å². The second-order valence-corrected chi connectivity index (χ2v) is 2.31. The fraction of sp³-hybridized carbons (Fsp3) is 1.00. The lowest BCUT2D eigenvalue weighted by Crippen LogP contribution is -2.54. The number of piperidine rings is 1. The third-order valence-electron chi connectivity index (χ3n) is 1.42. The van der Waals surface area contributed by atoms with Crippen LogP contribution in [0.15, 0.2) is 0 Å². The average molecular weight is 157 g/mol. The van der Waals surface area contributed by atoms with Crippen LogP contribution >= 0.6 is 0 Å². The molecule has 1 aliphatic rings. The van der Waals surface area contributed by atoms with Crippen LogP contribution in [0.3, 0.4) is 0 Å². The highest BCUT2D eigenvalue weighted by atomic mass is 19.3. The van der Waals surface area contributed by atoms with Crippen LogP contribution in [-0.2, 0) is 0 Å². The molecule has 0 aromatic rings. The lowest BCUT2D eigenvalue weighted by Gasteiger charge is -2.28. The van der Waals surface area contributed by atoms with Crippen molar-refractivity contribution in [3.8, 4) is 0 Å². The standard InChI is InChI=1S/C5H7F4N/c6-3-1-10-2-5(8,9)4(3)7/h3-4,10H,1-2H2. The van der Waals surface area contributed by atoms with Gasteiger partial charge in [-0.05, 0) is 0 Å². The van der Waals surface area contributed by atoms with Crippen molar-refractivity contribution < 1.29 is 17.6 Å². The van der Waals surface area contributed by atoms with Crippen LogP contribution in [0.2, 0.25) is 0 Å². The summed E-state index contributed by atoms with van der Waals surface area (Å²) in [6, 6.07) is 0. The molecule has 2 atom stereocenters. The Hall–Kier alpha value is -0.320. The van der Waals surface area contributed by atoms with E-state index in [0.29, 0.717) is 0 Å². The van der Waals surface area contributed by atoms with Gasteiger partial charge in [-0.1, -0.05) is 0 Å². The zero-order chi connectivity index (χ0) is 7.78. The molecule has 2 unspecified atom stereocenters. The van der Waals surface area contributed by atoms with E-state index in [1.54, 1.807) is 0 Å². The summed E-state index contributed by atoms with van der Waals surface area (Å²) < 4.78 is 48.7. The second-order valence-electron chi connectivity index (χ2n) is 2.31. The number of rotatable bonds is 0. The topological polar surface area (TPSA) is 12.0 Å². The van der Waals surface area contributed by atoms with Gasteiger partial charge >= 0.3 is 0 Å². The molecule has 1 saturated heterocycles. The monoisotopic (exact) mass is 157 g/mol. The highest BCUT2D eigenvalue weighted by molar-refractivity contribution is 4.90. The highest BCUT2D eigenvalue weighted by Crippen LogP contribution is 2.27. The Bertz CT molecular complexity index is 127. The maximum Gasteiger partial charge on any atom is 0.293 e. The highest BCUT2D eigenvalue weighted by Gasteiger charge is 2.48. The van der Waals surface area contributed by atoms with Crippen molar-refractivity contribution in [3.05, 3.63) is 0 Å². The first-order valence-corrected chi connectivity index (χ1v) is 2.91. The van der Waals surface area contributed by atoms with Crippen molar-refractivity contribution >= 4 is 0 Å². The first kappa shape index (κ1) is 7.78. The molecule has 0 spiro atoms. The smallest absolute Gasteiger partial charge is 0.293 e. The summed E-state index contributed by atoms with van der Waals surface area (Å²) in [5.74, 6) is -3.54. The lowest BCUT2D eigenvalue weighted by atomic mass is 10.1. The van der Waals surface area contributed by atoms with Crippen LogP contribution < -0.4 is 5.32 Å². The molecule has 60 valence electrons. The maximum absolute atomic E-state index is 12.2. The van der Waals surface area contributed by atoms with Gasteiger partial charge < -0.3 is 5.32 Å². The number of halogens is 4. The van der Waals surface area contributed by atoms with Crippen molar-refractivity contribution in [1.29, 1.82) is 0 Å². The normalized spacial score (nSPS) is 39.6. The second kappa shape index (κ2) is 2.38. The Morgan fingerprint density at radius 1 is 1.30 bits per heavy atom. The molecule has 0 radical (unpaired) electrons. The largest absolute Gasteiger partial charge is 0.308 e. The van der Waals surface area contributed by atoms with Crippen LogP contribution in [0.1, 0.15) is 0 Å². The Morgan fingerprint density at radius 3 is 2.30 bits per heavy atom. The minimum absolute atomic E-state index is 0.323. The van der Waals surface area contributed by atoms with Crippen molar-refractivity contribution in [3.63, 3.8) is 0 Å². The third kappa shape index (κ3) is 1.23. The molecular formula is C5H7F4N. The predicted octanol–water partition coefficient (Wildman–Crippen LogP) is 0.901.